The minimum Gasteiger partial charge on any atom is -0.458 e. The molecular formula is C7H10O2. The molecule has 0 aromatic carbocycles. The lowest BCUT2D eigenvalue weighted by atomic mass is 10.1. The fourth-order valence-electron chi connectivity index (χ4n) is 0.955. The largest absolute Gasteiger partial charge is 0.458 e. The second kappa shape index (κ2) is 2.21. The minimum absolute atomic E-state index is 0.00231. The van der Waals surface area contributed by atoms with Gasteiger partial charge in [-0.1, -0.05) is 13.5 Å². The van der Waals surface area contributed by atoms with Crippen molar-refractivity contribution in [2.24, 2.45) is 0 Å². The van der Waals surface area contributed by atoms with Gasteiger partial charge in [0.1, 0.15) is 6.10 Å². The Kier molecular flexibility index (Phi) is 1.56. The third-order valence-corrected chi connectivity index (χ3v) is 1.47. The van der Waals surface area contributed by atoms with Crippen LogP contribution in [0.25, 0.3) is 0 Å². The summed E-state index contributed by atoms with van der Waals surface area (Å²) in [4.78, 5) is 10.5. The molecule has 1 heterocycles. The Hall–Kier alpha value is -0.790. The molecule has 1 saturated heterocycles. The van der Waals surface area contributed by atoms with E-state index in [1.54, 1.807) is 0 Å². The van der Waals surface area contributed by atoms with Crippen molar-refractivity contribution < 1.29 is 9.53 Å². The first-order chi connectivity index (χ1) is 4.24. The molecule has 1 atom stereocenters. The number of carbonyl (C=O) groups excluding carboxylic acids is 1. The molecule has 0 aromatic rings. The van der Waals surface area contributed by atoms with Crippen LogP contribution in [0.5, 0.6) is 0 Å². The van der Waals surface area contributed by atoms with E-state index in [4.69, 9.17) is 4.74 Å². The molecule has 1 fully saturated rings. The molecule has 1 rings (SSSR count). The predicted molar refractivity (Wildman–Crippen MR) is 33.9 cm³/mol. The summed E-state index contributed by atoms with van der Waals surface area (Å²) < 4.78 is 4.88. The van der Waals surface area contributed by atoms with Crippen molar-refractivity contribution in [1.29, 1.82) is 0 Å². The molecule has 0 bridgehead atoms. The first-order valence-corrected chi connectivity index (χ1v) is 3.11. The maximum Gasteiger partial charge on any atom is 0.310 e. The topological polar surface area (TPSA) is 26.3 Å². The first-order valence-electron chi connectivity index (χ1n) is 3.11. The second-order valence-electron chi connectivity index (χ2n) is 2.22. The Morgan fingerprint density at radius 1 is 1.89 bits per heavy atom. The van der Waals surface area contributed by atoms with Gasteiger partial charge in [0.25, 0.3) is 0 Å². The summed E-state index contributed by atoms with van der Waals surface area (Å²) in [5.74, 6) is -0.133. The van der Waals surface area contributed by atoms with Gasteiger partial charge in [0.15, 0.2) is 0 Å². The van der Waals surface area contributed by atoms with E-state index in [1.807, 2.05) is 6.92 Å². The molecule has 0 aliphatic carbocycles. The molecule has 0 N–H and O–H groups in total. The molecule has 1 aliphatic rings. The third-order valence-electron chi connectivity index (χ3n) is 1.47. The van der Waals surface area contributed by atoms with Gasteiger partial charge in [-0.15, -0.1) is 0 Å². The van der Waals surface area contributed by atoms with Crippen molar-refractivity contribution in [2.75, 3.05) is 0 Å². The van der Waals surface area contributed by atoms with Crippen LogP contribution in [0.2, 0.25) is 0 Å². The van der Waals surface area contributed by atoms with Crippen molar-refractivity contribution in [1.82, 2.24) is 0 Å². The molecule has 50 valence electrons. The van der Waals surface area contributed by atoms with Crippen LogP contribution >= 0.6 is 0 Å². The van der Waals surface area contributed by atoms with Crippen molar-refractivity contribution in [2.45, 2.75) is 25.9 Å². The van der Waals surface area contributed by atoms with Gasteiger partial charge < -0.3 is 4.74 Å². The highest BCUT2D eigenvalue weighted by molar-refractivity contribution is 5.76. The van der Waals surface area contributed by atoms with E-state index in [0.29, 0.717) is 6.42 Å². The smallest absolute Gasteiger partial charge is 0.310 e. The summed E-state index contributed by atoms with van der Waals surface area (Å²) >= 11 is 0. The number of hydrogen-bond donors (Lipinski definition) is 0. The fraction of sp³-hybridized carbons (Fsp3) is 0.571. The van der Waals surface area contributed by atoms with Crippen LogP contribution in [0.4, 0.5) is 0 Å². The number of esters is 1. The molecule has 1 unspecified atom stereocenters. The van der Waals surface area contributed by atoms with Crippen molar-refractivity contribution in [3.05, 3.63) is 12.2 Å². The average Bonchev–Trinajstić information content (AvgIpc) is 2.10. The van der Waals surface area contributed by atoms with Crippen LogP contribution in [-0.2, 0) is 9.53 Å². The quantitative estimate of drug-likeness (QED) is 0.390. The molecule has 0 spiro atoms. The van der Waals surface area contributed by atoms with E-state index in [2.05, 4.69) is 6.58 Å². The summed E-state index contributed by atoms with van der Waals surface area (Å²) in [6, 6.07) is 0. The van der Waals surface area contributed by atoms with E-state index in [0.717, 1.165) is 12.0 Å². The van der Waals surface area contributed by atoms with E-state index in [1.165, 1.54) is 0 Å². The molecule has 9 heavy (non-hydrogen) atoms. The van der Waals surface area contributed by atoms with Crippen LogP contribution in [0.15, 0.2) is 12.2 Å². The Morgan fingerprint density at radius 3 is 2.78 bits per heavy atom. The highest BCUT2D eigenvalue weighted by Crippen LogP contribution is 2.20. The highest BCUT2D eigenvalue weighted by Gasteiger charge is 2.24. The van der Waals surface area contributed by atoms with Crippen molar-refractivity contribution >= 4 is 5.97 Å². The minimum atomic E-state index is -0.133. The Morgan fingerprint density at radius 2 is 2.56 bits per heavy atom. The number of rotatable bonds is 1. The Labute approximate surface area is 54.5 Å². The molecule has 0 aromatic heterocycles. The van der Waals surface area contributed by atoms with Gasteiger partial charge in [-0.2, -0.15) is 0 Å². The van der Waals surface area contributed by atoms with Gasteiger partial charge >= 0.3 is 5.97 Å². The maximum absolute atomic E-state index is 10.5. The zero-order valence-corrected chi connectivity index (χ0v) is 5.52. The number of ether oxygens (including phenoxy) is 1. The van der Waals surface area contributed by atoms with Gasteiger partial charge in [0.2, 0.25) is 0 Å². The molecule has 0 amide bonds. The average molecular weight is 126 g/mol. The zero-order chi connectivity index (χ0) is 6.85. The first kappa shape index (κ1) is 6.33. The maximum atomic E-state index is 10.5. The van der Waals surface area contributed by atoms with Crippen LogP contribution in [-0.4, -0.2) is 12.1 Å². The molecule has 0 saturated carbocycles. The summed E-state index contributed by atoms with van der Waals surface area (Å²) in [6.45, 7) is 5.69. The second-order valence-corrected chi connectivity index (χ2v) is 2.22. The van der Waals surface area contributed by atoms with Crippen LogP contribution in [0.1, 0.15) is 19.8 Å². The van der Waals surface area contributed by atoms with Crippen molar-refractivity contribution in [3.63, 3.8) is 0 Å². The summed E-state index contributed by atoms with van der Waals surface area (Å²) in [5, 5.41) is 0. The monoisotopic (exact) mass is 126 g/mol. The van der Waals surface area contributed by atoms with Gasteiger partial charge in [-0.05, 0) is 12.0 Å². The van der Waals surface area contributed by atoms with E-state index >= 15 is 0 Å². The SMILES string of the molecule is C=C1CC(=O)OC1CC. The third kappa shape index (κ3) is 1.12. The van der Waals surface area contributed by atoms with Crippen molar-refractivity contribution in [3.8, 4) is 0 Å². The highest BCUT2D eigenvalue weighted by atomic mass is 16.5. The molecule has 1 aliphatic heterocycles. The van der Waals surface area contributed by atoms with Gasteiger partial charge in [0, 0.05) is 0 Å². The van der Waals surface area contributed by atoms with Gasteiger partial charge in [-0.3, -0.25) is 4.79 Å². The fourth-order valence-corrected chi connectivity index (χ4v) is 0.955. The van der Waals surface area contributed by atoms with Crippen LogP contribution < -0.4 is 0 Å². The standard InChI is InChI=1S/C7H10O2/c1-3-6-5(2)4-7(8)9-6/h6H,2-4H2,1H3. The van der Waals surface area contributed by atoms with Gasteiger partial charge in [0.05, 0.1) is 6.42 Å². The molecule has 0 radical (unpaired) electrons. The molecule has 2 nitrogen and oxygen atoms in total. The summed E-state index contributed by atoms with van der Waals surface area (Å²) in [6.07, 6.45) is 1.26. The molecular weight excluding hydrogens is 116 g/mol. The predicted octanol–water partition coefficient (Wildman–Crippen LogP) is 1.27. The lowest BCUT2D eigenvalue weighted by Gasteiger charge is -2.04. The van der Waals surface area contributed by atoms with Crippen LogP contribution in [0.3, 0.4) is 0 Å². The van der Waals surface area contributed by atoms with E-state index in [-0.39, 0.29) is 12.1 Å². The lowest BCUT2D eigenvalue weighted by molar-refractivity contribution is -0.141. The summed E-state index contributed by atoms with van der Waals surface area (Å²) in [5.41, 5.74) is 0.919. The number of hydrogen-bond acceptors (Lipinski definition) is 2. The van der Waals surface area contributed by atoms with Crippen LogP contribution in [0, 0.1) is 0 Å². The molecule has 2 heteroatoms. The number of cyclic esters (lactones) is 1. The lowest BCUT2D eigenvalue weighted by Crippen LogP contribution is -2.05. The van der Waals surface area contributed by atoms with E-state index < -0.39 is 0 Å². The number of carbonyl (C=O) groups is 1. The normalized spacial score (nSPS) is 26.6. The van der Waals surface area contributed by atoms with E-state index in [9.17, 15) is 4.79 Å². The Bertz CT molecular complexity index is 149. The van der Waals surface area contributed by atoms with Gasteiger partial charge in [-0.25, -0.2) is 0 Å². The zero-order valence-electron chi connectivity index (χ0n) is 5.52. The Balaban J connectivity index is 2.58. The summed E-state index contributed by atoms with van der Waals surface area (Å²) in [7, 11) is 0.